The number of nitrogens with two attached hydrogens (primary N) is 3. The third kappa shape index (κ3) is 3.94. The highest BCUT2D eigenvalue weighted by molar-refractivity contribution is 4.99. The van der Waals surface area contributed by atoms with Gasteiger partial charge in [0.25, 0.3) is 0 Å². The molecule has 2 saturated carbocycles. The Kier molecular flexibility index (Phi) is 4.51. The molecule has 7 N–H and O–H groups in total. The maximum atomic E-state index is 6.57. The highest BCUT2D eigenvalue weighted by Gasteiger charge is 2.43. The standard InChI is InChI=1S/C16H34N4/c1-14(2)8-13(9-15(3,10-14)11-17)20-16(19)6-4-12(18)5-7-16/h12-13,20H,4-11,17-19H2,1-3H3. The Bertz CT molecular complexity index is 333. The molecule has 4 heteroatoms. The first kappa shape index (κ1) is 16.2. The van der Waals surface area contributed by atoms with E-state index >= 15 is 0 Å². The lowest BCUT2D eigenvalue weighted by atomic mass is 9.62. The third-order valence-corrected chi connectivity index (χ3v) is 5.35. The van der Waals surface area contributed by atoms with Gasteiger partial charge in [-0.05, 0) is 62.3 Å². The van der Waals surface area contributed by atoms with Crippen molar-refractivity contribution in [2.75, 3.05) is 6.54 Å². The molecule has 0 aliphatic heterocycles. The summed E-state index contributed by atoms with van der Waals surface area (Å²) < 4.78 is 0. The van der Waals surface area contributed by atoms with Crippen molar-refractivity contribution in [3.05, 3.63) is 0 Å². The first-order valence-electron chi connectivity index (χ1n) is 8.18. The van der Waals surface area contributed by atoms with Gasteiger partial charge in [0, 0.05) is 12.1 Å². The zero-order valence-corrected chi connectivity index (χ0v) is 13.5. The van der Waals surface area contributed by atoms with E-state index < -0.39 is 0 Å². The molecule has 0 heterocycles. The van der Waals surface area contributed by atoms with Crippen molar-refractivity contribution in [3.63, 3.8) is 0 Å². The van der Waals surface area contributed by atoms with Crippen LogP contribution in [-0.4, -0.2) is 24.3 Å². The van der Waals surface area contributed by atoms with Crippen molar-refractivity contribution in [1.29, 1.82) is 0 Å². The average Bonchev–Trinajstić information content (AvgIpc) is 2.31. The SMILES string of the molecule is CC1(C)CC(NC2(N)CCC(N)CC2)CC(C)(CN)C1. The average molecular weight is 282 g/mol. The summed E-state index contributed by atoms with van der Waals surface area (Å²) in [7, 11) is 0. The Morgan fingerprint density at radius 1 is 1.10 bits per heavy atom. The zero-order valence-electron chi connectivity index (χ0n) is 13.5. The van der Waals surface area contributed by atoms with Crippen LogP contribution < -0.4 is 22.5 Å². The summed E-state index contributed by atoms with van der Waals surface area (Å²) in [4.78, 5) is 0. The minimum atomic E-state index is -0.219. The van der Waals surface area contributed by atoms with Gasteiger partial charge in [-0.3, -0.25) is 5.32 Å². The van der Waals surface area contributed by atoms with Crippen molar-refractivity contribution in [2.24, 2.45) is 28.0 Å². The third-order valence-electron chi connectivity index (χ3n) is 5.35. The maximum Gasteiger partial charge on any atom is 0.0665 e. The topological polar surface area (TPSA) is 90.1 Å². The summed E-state index contributed by atoms with van der Waals surface area (Å²) in [5.74, 6) is 0. The highest BCUT2D eigenvalue weighted by atomic mass is 15.1. The zero-order chi connectivity index (χ0) is 15.0. The van der Waals surface area contributed by atoms with Crippen LogP contribution in [0.5, 0.6) is 0 Å². The van der Waals surface area contributed by atoms with E-state index in [0.717, 1.165) is 38.6 Å². The van der Waals surface area contributed by atoms with E-state index in [0.29, 0.717) is 17.5 Å². The molecule has 0 spiro atoms. The second kappa shape index (κ2) is 5.56. The van der Waals surface area contributed by atoms with Gasteiger partial charge in [0.15, 0.2) is 0 Å². The molecule has 0 aromatic heterocycles. The van der Waals surface area contributed by atoms with Gasteiger partial charge in [-0.25, -0.2) is 0 Å². The molecule has 2 unspecified atom stereocenters. The molecule has 0 aromatic carbocycles. The summed E-state index contributed by atoms with van der Waals surface area (Å²) in [6.45, 7) is 7.79. The van der Waals surface area contributed by atoms with Crippen LogP contribution in [-0.2, 0) is 0 Å². The molecule has 4 nitrogen and oxygen atoms in total. The Balaban J connectivity index is 2.01. The predicted molar refractivity (Wildman–Crippen MR) is 85.1 cm³/mol. The summed E-state index contributed by atoms with van der Waals surface area (Å²) in [5.41, 5.74) is 19.0. The molecular weight excluding hydrogens is 248 g/mol. The number of hydrogen-bond donors (Lipinski definition) is 4. The molecule has 0 aromatic rings. The Hall–Kier alpha value is -0.160. The minimum absolute atomic E-state index is 0.219. The molecule has 0 amide bonds. The van der Waals surface area contributed by atoms with E-state index in [2.05, 4.69) is 26.1 Å². The number of nitrogens with one attached hydrogen (secondary N) is 1. The van der Waals surface area contributed by atoms with Crippen LogP contribution in [0.4, 0.5) is 0 Å². The predicted octanol–water partition coefficient (Wildman–Crippen LogP) is 1.68. The van der Waals surface area contributed by atoms with Crippen LogP contribution in [0.1, 0.15) is 65.7 Å². The van der Waals surface area contributed by atoms with Gasteiger partial charge in [-0.1, -0.05) is 20.8 Å². The van der Waals surface area contributed by atoms with Crippen LogP contribution in [0.25, 0.3) is 0 Å². The fourth-order valence-electron chi connectivity index (χ4n) is 4.60. The molecule has 20 heavy (non-hydrogen) atoms. The van der Waals surface area contributed by atoms with E-state index in [4.69, 9.17) is 17.2 Å². The lowest BCUT2D eigenvalue weighted by molar-refractivity contribution is 0.0554. The van der Waals surface area contributed by atoms with E-state index in [1.165, 1.54) is 12.8 Å². The van der Waals surface area contributed by atoms with Crippen molar-refractivity contribution in [3.8, 4) is 0 Å². The van der Waals surface area contributed by atoms with Gasteiger partial charge >= 0.3 is 0 Å². The van der Waals surface area contributed by atoms with E-state index in [9.17, 15) is 0 Å². The van der Waals surface area contributed by atoms with Crippen LogP contribution in [0, 0.1) is 10.8 Å². The van der Waals surface area contributed by atoms with Crippen molar-refractivity contribution in [1.82, 2.24) is 5.32 Å². The lowest BCUT2D eigenvalue weighted by Crippen LogP contribution is -2.62. The summed E-state index contributed by atoms with van der Waals surface area (Å²) >= 11 is 0. The van der Waals surface area contributed by atoms with Gasteiger partial charge in [0.05, 0.1) is 5.66 Å². The highest BCUT2D eigenvalue weighted by Crippen LogP contribution is 2.46. The van der Waals surface area contributed by atoms with Crippen LogP contribution in [0.15, 0.2) is 0 Å². The number of hydrogen-bond acceptors (Lipinski definition) is 4. The van der Waals surface area contributed by atoms with Crippen LogP contribution in [0.3, 0.4) is 0 Å². The molecular formula is C16H34N4. The van der Waals surface area contributed by atoms with Gasteiger partial charge < -0.3 is 17.2 Å². The smallest absolute Gasteiger partial charge is 0.0665 e. The van der Waals surface area contributed by atoms with Crippen molar-refractivity contribution in [2.45, 2.75) is 83.5 Å². The fraction of sp³-hybridized carbons (Fsp3) is 1.00. The van der Waals surface area contributed by atoms with Crippen molar-refractivity contribution >= 4 is 0 Å². The minimum Gasteiger partial charge on any atom is -0.330 e. The van der Waals surface area contributed by atoms with E-state index in [1.807, 2.05) is 0 Å². The van der Waals surface area contributed by atoms with E-state index in [-0.39, 0.29) is 11.1 Å². The molecule has 0 saturated heterocycles. The second-order valence-electron chi connectivity index (χ2n) is 8.60. The summed E-state index contributed by atoms with van der Waals surface area (Å²) in [5, 5.41) is 3.77. The first-order chi connectivity index (χ1) is 9.15. The molecule has 0 radical (unpaired) electrons. The molecule has 2 aliphatic rings. The van der Waals surface area contributed by atoms with Crippen LogP contribution >= 0.6 is 0 Å². The van der Waals surface area contributed by atoms with Gasteiger partial charge in [-0.15, -0.1) is 0 Å². The number of rotatable bonds is 3. The van der Waals surface area contributed by atoms with Crippen LogP contribution in [0.2, 0.25) is 0 Å². The van der Waals surface area contributed by atoms with Gasteiger partial charge in [-0.2, -0.15) is 0 Å². The molecule has 0 bridgehead atoms. The van der Waals surface area contributed by atoms with E-state index in [1.54, 1.807) is 0 Å². The summed E-state index contributed by atoms with van der Waals surface area (Å²) in [6, 6.07) is 0.817. The van der Waals surface area contributed by atoms with Gasteiger partial charge in [0.1, 0.15) is 0 Å². The largest absolute Gasteiger partial charge is 0.330 e. The Morgan fingerprint density at radius 2 is 1.70 bits per heavy atom. The molecule has 2 aliphatic carbocycles. The first-order valence-corrected chi connectivity index (χ1v) is 8.18. The maximum absolute atomic E-state index is 6.57. The fourth-order valence-corrected chi connectivity index (χ4v) is 4.60. The molecule has 118 valence electrons. The van der Waals surface area contributed by atoms with Crippen molar-refractivity contribution < 1.29 is 0 Å². The Morgan fingerprint density at radius 3 is 2.25 bits per heavy atom. The molecule has 2 rings (SSSR count). The molecule has 2 atom stereocenters. The molecule has 2 fully saturated rings. The quantitative estimate of drug-likeness (QED) is 0.593. The summed E-state index contributed by atoms with van der Waals surface area (Å²) in [6.07, 6.45) is 7.58. The monoisotopic (exact) mass is 282 g/mol. The Labute approximate surface area is 124 Å². The normalized spacial score (nSPS) is 45.3. The van der Waals surface area contributed by atoms with Gasteiger partial charge in [0.2, 0.25) is 0 Å². The lowest BCUT2D eigenvalue weighted by Gasteiger charge is -2.49. The second-order valence-corrected chi connectivity index (χ2v) is 8.60.